The van der Waals surface area contributed by atoms with Gasteiger partial charge in [-0.3, -0.25) is 4.79 Å². The minimum absolute atomic E-state index is 0.0856. The monoisotopic (exact) mass is 610 g/mol. The second-order valence-corrected chi connectivity index (χ2v) is 9.92. The van der Waals surface area contributed by atoms with Crippen molar-refractivity contribution in [3.63, 3.8) is 0 Å². The summed E-state index contributed by atoms with van der Waals surface area (Å²) in [5, 5.41) is 89.3. The molecule has 2 aromatic rings. The van der Waals surface area contributed by atoms with Crippen LogP contribution in [-0.4, -0.2) is 133 Å². The van der Waals surface area contributed by atoms with E-state index in [0.717, 1.165) is 6.07 Å². The van der Waals surface area contributed by atoms with E-state index in [2.05, 4.69) is 0 Å². The summed E-state index contributed by atoms with van der Waals surface area (Å²) in [6, 6.07) is 8.43. The summed E-state index contributed by atoms with van der Waals surface area (Å²) in [5.74, 6) is -1.14. The molecule has 10 unspecified atom stereocenters. The van der Waals surface area contributed by atoms with Crippen molar-refractivity contribution in [1.29, 1.82) is 0 Å². The zero-order valence-electron chi connectivity index (χ0n) is 22.8. The quantitative estimate of drug-likeness (QED) is 0.101. The van der Waals surface area contributed by atoms with Crippen molar-refractivity contribution < 1.29 is 74.4 Å². The van der Waals surface area contributed by atoms with E-state index >= 15 is 0 Å². The van der Waals surface area contributed by atoms with Gasteiger partial charge in [0.15, 0.2) is 5.78 Å². The predicted octanol–water partition coefficient (Wildman–Crippen LogP) is -2.35. The highest BCUT2D eigenvalue weighted by Crippen LogP contribution is 2.36. The van der Waals surface area contributed by atoms with Gasteiger partial charge in [0.05, 0.1) is 20.3 Å². The van der Waals surface area contributed by atoms with Crippen molar-refractivity contribution in [2.75, 3.05) is 20.3 Å². The molecule has 0 aromatic heterocycles. The average Bonchev–Trinajstić information content (AvgIpc) is 3.00. The normalized spacial score (nSPS) is 32.9. The van der Waals surface area contributed by atoms with E-state index in [-0.39, 0.29) is 22.8 Å². The maximum absolute atomic E-state index is 13.0. The first kappa shape index (κ1) is 32.6. The van der Waals surface area contributed by atoms with Crippen molar-refractivity contribution in [1.82, 2.24) is 0 Å². The highest BCUT2D eigenvalue weighted by atomic mass is 16.7. The average molecular weight is 611 g/mol. The Morgan fingerprint density at radius 3 is 1.77 bits per heavy atom. The second-order valence-electron chi connectivity index (χ2n) is 9.92. The number of methoxy groups -OCH3 is 1. The molecule has 2 fully saturated rings. The molecule has 9 N–H and O–H groups in total. The minimum atomic E-state index is -1.69. The summed E-state index contributed by atoms with van der Waals surface area (Å²) >= 11 is 0. The molecule has 236 valence electrons. The number of carbonyl (C=O) groups is 1. The van der Waals surface area contributed by atoms with E-state index in [1.165, 1.54) is 37.5 Å². The number of ether oxygens (including phenoxy) is 5. The van der Waals surface area contributed by atoms with Crippen molar-refractivity contribution >= 4 is 11.9 Å². The van der Waals surface area contributed by atoms with Crippen molar-refractivity contribution in [3.05, 3.63) is 53.6 Å². The molecule has 2 heterocycles. The number of aliphatic hydroxyl groups is 8. The molecule has 2 aliphatic heterocycles. The largest absolute Gasteiger partial charge is 0.507 e. The van der Waals surface area contributed by atoms with Crippen molar-refractivity contribution in [2.45, 2.75) is 61.4 Å². The molecule has 0 spiro atoms. The fraction of sp³-hybridized carbons (Fsp3) is 0.464. The number of phenols is 1. The Morgan fingerprint density at radius 1 is 0.767 bits per heavy atom. The number of aliphatic hydroxyl groups excluding tert-OH is 8. The van der Waals surface area contributed by atoms with E-state index < -0.39 is 86.2 Å². The van der Waals surface area contributed by atoms with E-state index in [9.17, 15) is 50.8 Å². The van der Waals surface area contributed by atoms with Crippen LogP contribution in [0.1, 0.15) is 15.9 Å². The van der Waals surface area contributed by atoms with E-state index in [1.54, 1.807) is 12.1 Å². The van der Waals surface area contributed by atoms with E-state index in [1.807, 2.05) is 0 Å². The van der Waals surface area contributed by atoms with Crippen LogP contribution in [0.25, 0.3) is 6.08 Å². The van der Waals surface area contributed by atoms with Gasteiger partial charge in [-0.05, 0) is 23.8 Å². The van der Waals surface area contributed by atoms with Gasteiger partial charge in [0.2, 0.25) is 12.6 Å². The van der Waals surface area contributed by atoms with Crippen LogP contribution in [0, 0.1) is 0 Å². The Kier molecular flexibility index (Phi) is 10.6. The first-order chi connectivity index (χ1) is 20.5. The third-order valence-electron chi connectivity index (χ3n) is 7.03. The molecule has 15 nitrogen and oxygen atoms in total. The SMILES string of the molecule is COc1cc(OC2OC(CO)C(O)C(O)C2O)cc(O)c1C(=O)/C=C/c1ccc(OC2OC(CO)C(O)C(O)C2O)cc1. The molecule has 0 aliphatic carbocycles. The lowest BCUT2D eigenvalue weighted by molar-refractivity contribution is -0.277. The number of carbonyl (C=O) groups excluding carboxylic acids is 1. The van der Waals surface area contributed by atoms with Gasteiger partial charge < -0.3 is 69.6 Å². The summed E-state index contributed by atoms with van der Waals surface area (Å²) in [4.78, 5) is 13.0. The predicted molar refractivity (Wildman–Crippen MR) is 143 cm³/mol. The Bertz CT molecular complexity index is 1260. The lowest BCUT2D eigenvalue weighted by Gasteiger charge is -2.39. The van der Waals surface area contributed by atoms with Gasteiger partial charge in [-0.25, -0.2) is 0 Å². The number of rotatable bonds is 10. The number of phenolic OH excluding ortho intramolecular Hbond substituents is 1. The van der Waals surface area contributed by atoms with Crippen LogP contribution in [0.4, 0.5) is 0 Å². The van der Waals surface area contributed by atoms with Crippen LogP contribution in [0.3, 0.4) is 0 Å². The van der Waals surface area contributed by atoms with Crippen LogP contribution >= 0.6 is 0 Å². The van der Waals surface area contributed by atoms with Crippen molar-refractivity contribution in [3.8, 4) is 23.0 Å². The first-order valence-electron chi connectivity index (χ1n) is 13.2. The van der Waals surface area contributed by atoms with Gasteiger partial charge in [-0.15, -0.1) is 0 Å². The molecule has 0 amide bonds. The molecule has 0 radical (unpaired) electrons. The molecule has 43 heavy (non-hydrogen) atoms. The minimum Gasteiger partial charge on any atom is -0.507 e. The zero-order valence-corrected chi connectivity index (χ0v) is 22.8. The fourth-order valence-electron chi connectivity index (χ4n) is 4.56. The molecule has 2 aliphatic rings. The van der Waals surface area contributed by atoms with E-state index in [0.29, 0.717) is 5.56 Å². The van der Waals surface area contributed by atoms with Gasteiger partial charge in [0.25, 0.3) is 0 Å². The van der Waals surface area contributed by atoms with Gasteiger partial charge in [0.1, 0.15) is 77.4 Å². The van der Waals surface area contributed by atoms with Crippen LogP contribution in [0.2, 0.25) is 0 Å². The number of allylic oxidation sites excluding steroid dienone is 1. The lowest BCUT2D eigenvalue weighted by Crippen LogP contribution is -2.60. The van der Waals surface area contributed by atoms with Gasteiger partial charge >= 0.3 is 0 Å². The van der Waals surface area contributed by atoms with Crippen LogP contribution in [0.15, 0.2) is 42.5 Å². The third-order valence-corrected chi connectivity index (χ3v) is 7.03. The Labute approximate surface area is 245 Å². The summed E-state index contributed by atoms with van der Waals surface area (Å²) in [6.07, 6.45) is -12.2. The summed E-state index contributed by atoms with van der Waals surface area (Å²) in [7, 11) is 1.25. The number of benzene rings is 2. The third kappa shape index (κ3) is 7.08. The second kappa shape index (κ2) is 14.0. The van der Waals surface area contributed by atoms with Gasteiger partial charge in [-0.1, -0.05) is 18.2 Å². The standard InChI is InChI=1S/C28H34O15/c1-39-17-9-14(41-28-26(38)24(36)22(34)19(11-30)43-28)8-16(32)20(17)15(31)7-4-12-2-5-13(6-3-12)40-27-25(37)23(35)21(33)18(10-29)42-27/h2-9,18-19,21-30,32-38H,10-11H2,1H3/b7-4+. The van der Waals surface area contributed by atoms with Gasteiger partial charge in [0, 0.05) is 12.1 Å². The van der Waals surface area contributed by atoms with Crippen LogP contribution in [0.5, 0.6) is 23.0 Å². The molecule has 10 atom stereocenters. The molecule has 0 saturated carbocycles. The number of hydrogen-bond acceptors (Lipinski definition) is 15. The maximum atomic E-state index is 13.0. The highest BCUT2D eigenvalue weighted by Gasteiger charge is 2.46. The Balaban J connectivity index is 1.43. The zero-order chi connectivity index (χ0) is 31.4. The maximum Gasteiger partial charge on any atom is 0.229 e. The molecule has 4 rings (SSSR count). The lowest BCUT2D eigenvalue weighted by atomic mass is 9.99. The fourth-order valence-corrected chi connectivity index (χ4v) is 4.56. The Hall–Kier alpha value is -3.35. The molecule has 15 heteroatoms. The Morgan fingerprint density at radius 2 is 1.28 bits per heavy atom. The summed E-state index contributed by atoms with van der Waals surface area (Å²) in [6.45, 7) is -1.26. The van der Waals surface area contributed by atoms with Gasteiger partial charge in [-0.2, -0.15) is 0 Å². The first-order valence-corrected chi connectivity index (χ1v) is 13.2. The molecule has 2 aromatic carbocycles. The van der Waals surface area contributed by atoms with E-state index in [4.69, 9.17) is 23.7 Å². The topological polar surface area (TPSA) is 245 Å². The number of hydrogen-bond donors (Lipinski definition) is 9. The molecular formula is C28H34O15. The smallest absolute Gasteiger partial charge is 0.229 e. The van der Waals surface area contributed by atoms with Crippen molar-refractivity contribution in [2.24, 2.45) is 0 Å². The molecular weight excluding hydrogens is 576 g/mol. The highest BCUT2D eigenvalue weighted by molar-refractivity contribution is 6.10. The molecule has 2 saturated heterocycles. The number of ketones is 1. The molecule has 0 bridgehead atoms. The summed E-state index contributed by atoms with van der Waals surface area (Å²) < 4.78 is 26.9. The number of aromatic hydroxyl groups is 1. The van der Waals surface area contributed by atoms with Crippen LogP contribution < -0.4 is 14.2 Å². The summed E-state index contributed by atoms with van der Waals surface area (Å²) in [5.41, 5.74) is 0.331. The van der Waals surface area contributed by atoms with Crippen LogP contribution in [-0.2, 0) is 9.47 Å².